The molecule has 0 fully saturated rings. The van der Waals surface area contributed by atoms with E-state index in [-0.39, 0.29) is 42.5 Å². The molecule has 0 bridgehead atoms. The molecular formula is C16H26IN7O. The molecule has 0 aliphatic rings. The van der Waals surface area contributed by atoms with E-state index in [1.54, 1.807) is 19.0 Å². The molecule has 2 aromatic rings. The Labute approximate surface area is 165 Å². The Hall–Kier alpha value is -1.91. The van der Waals surface area contributed by atoms with Crippen LogP contribution in [0.5, 0.6) is 0 Å². The quantitative estimate of drug-likeness (QED) is 0.386. The normalized spacial score (nSPS) is 12.4. The van der Waals surface area contributed by atoms with Gasteiger partial charge in [-0.15, -0.1) is 34.2 Å². The minimum atomic E-state index is -0.0124. The Morgan fingerprint density at radius 3 is 2.80 bits per heavy atom. The van der Waals surface area contributed by atoms with Gasteiger partial charge in [0, 0.05) is 26.3 Å². The molecule has 2 N–H and O–H groups in total. The molecule has 0 spiro atoms. The van der Waals surface area contributed by atoms with Gasteiger partial charge < -0.3 is 15.5 Å². The van der Waals surface area contributed by atoms with Crippen LogP contribution in [0.2, 0.25) is 0 Å². The fraction of sp³-hybridized carbons (Fsp3) is 0.500. The van der Waals surface area contributed by atoms with Crippen LogP contribution in [-0.4, -0.2) is 58.0 Å². The molecule has 2 heterocycles. The minimum absolute atomic E-state index is 0. The molecule has 25 heavy (non-hydrogen) atoms. The number of likely N-dealkylation sites (N-methyl/N-ethyl adjacent to an activating group) is 1. The molecule has 2 aromatic heterocycles. The number of rotatable bonds is 6. The predicted octanol–water partition coefficient (Wildman–Crippen LogP) is 1.27. The SMILES string of the molecule is CCC(C)NC(=NCc1nnc2ccccn12)NCC(=O)N(C)C.I. The maximum Gasteiger partial charge on any atom is 0.241 e. The van der Waals surface area contributed by atoms with E-state index < -0.39 is 0 Å². The zero-order valence-corrected chi connectivity index (χ0v) is 17.4. The van der Waals surface area contributed by atoms with Crippen LogP contribution < -0.4 is 10.6 Å². The van der Waals surface area contributed by atoms with Gasteiger partial charge in [0.15, 0.2) is 17.4 Å². The summed E-state index contributed by atoms with van der Waals surface area (Å²) >= 11 is 0. The van der Waals surface area contributed by atoms with Gasteiger partial charge in [-0.05, 0) is 25.5 Å². The topological polar surface area (TPSA) is 86.9 Å². The molecule has 0 radical (unpaired) electrons. The number of halogens is 1. The van der Waals surface area contributed by atoms with Crippen LogP contribution in [0.1, 0.15) is 26.1 Å². The second kappa shape index (κ2) is 10.2. The third kappa shape index (κ3) is 6.15. The molecule has 0 aliphatic heterocycles. The molecule has 1 amide bonds. The number of fused-ring (bicyclic) bond motifs is 1. The maximum absolute atomic E-state index is 11.8. The van der Waals surface area contributed by atoms with E-state index in [1.807, 2.05) is 28.8 Å². The van der Waals surface area contributed by atoms with Crippen LogP contribution in [0.3, 0.4) is 0 Å². The van der Waals surface area contributed by atoms with Gasteiger partial charge in [0.1, 0.15) is 6.54 Å². The molecule has 0 aromatic carbocycles. The Kier molecular flexibility index (Phi) is 8.59. The number of carbonyl (C=O) groups excluding carboxylic acids is 1. The van der Waals surface area contributed by atoms with Gasteiger partial charge >= 0.3 is 0 Å². The van der Waals surface area contributed by atoms with Crippen molar-refractivity contribution in [2.75, 3.05) is 20.6 Å². The van der Waals surface area contributed by atoms with Crippen LogP contribution in [0.15, 0.2) is 29.4 Å². The van der Waals surface area contributed by atoms with E-state index >= 15 is 0 Å². The Balaban J connectivity index is 0.00000312. The largest absolute Gasteiger partial charge is 0.354 e. The molecule has 1 atom stereocenters. The smallest absolute Gasteiger partial charge is 0.241 e. The number of hydrogen-bond acceptors (Lipinski definition) is 4. The molecule has 9 heteroatoms. The molecule has 0 aliphatic carbocycles. The van der Waals surface area contributed by atoms with E-state index in [1.165, 1.54) is 0 Å². The van der Waals surface area contributed by atoms with Crippen molar-refractivity contribution in [3.63, 3.8) is 0 Å². The summed E-state index contributed by atoms with van der Waals surface area (Å²) in [6, 6.07) is 5.99. The van der Waals surface area contributed by atoms with Crippen LogP contribution in [-0.2, 0) is 11.3 Å². The fourth-order valence-corrected chi connectivity index (χ4v) is 1.95. The summed E-state index contributed by atoms with van der Waals surface area (Å²) in [5.74, 6) is 1.32. The Bertz CT molecular complexity index is 713. The lowest BCUT2D eigenvalue weighted by atomic mass is 10.3. The van der Waals surface area contributed by atoms with Gasteiger partial charge in [0.25, 0.3) is 0 Å². The first-order chi connectivity index (χ1) is 11.5. The van der Waals surface area contributed by atoms with Crippen LogP contribution in [0.4, 0.5) is 0 Å². The van der Waals surface area contributed by atoms with Crippen molar-refractivity contribution >= 4 is 41.5 Å². The predicted molar refractivity (Wildman–Crippen MR) is 109 cm³/mol. The van der Waals surface area contributed by atoms with Crippen molar-refractivity contribution < 1.29 is 4.79 Å². The zero-order valence-electron chi connectivity index (χ0n) is 15.1. The summed E-state index contributed by atoms with van der Waals surface area (Å²) in [5.41, 5.74) is 0.787. The minimum Gasteiger partial charge on any atom is -0.354 e. The number of aromatic nitrogens is 3. The molecule has 1 unspecified atom stereocenters. The summed E-state index contributed by atoms with van der Waals surface area (Å²) in [6.07, 6.45) is 2.86. The molecular weight excluding hydrogens is 433 g/mol. The molecule has 0 saturated carbocycles. The van der Waals surface area contributed by atoms with Gasteiger partial charge in [-0.1, -0.05) is 13.0 Å². The number of nitrogens with one attached hydrogen (secondary N) is 2. The van der Waals surface area contributed by atoms with E-state index in [2.05, 4.69) is 39.7 Å². The highest BCUT2D eigenvalue weighted by Crippen LogP contribution is 2.03. The van der Waals surface area contributed by atoms with Crippen molar-refractivity contribution in [3.05, 3.63) is 30.2 Å². The van der Waals surface area contributed by atoms with E-state index in [9.17, 15) is 4.79 Å². The third-order valence-corrected chi connectivity index (χ3v) is 3.66. The Morgan fingerprint density at radius 1 is 1.36 bits per heavy atom. The van der Waals surface area contributed by atoms with E-state index in [0.29, 0.717) is 12.5 Å². The van der Waals surface area contributed by atoms with Gasteiger partial charge in [-0.2, -0.15) is 0 Å². The monoisotopic (exact) mass is 459 g/mol. The first-order valence-electron chi connectivity index (χ1n) is 8.05. The standard InChI is InChI=1S/C16H25N7O.HI/c1-5-12(2)19-16(18-11-15(24)22(3)4)17-10-14-21-20-13-8-6-7-9-23(13)14;/h6-9,12H,5,10-11H2,1-4H3,(H2,17,18,19);1H. The highest BCUT2D eigenvalue weighted by Gasteiger charge is 2.09. The average molecular weight is 459 g/mol. The van der Waals surface area contributed by atoms with Crippen molar-refractivity contribution in [1.82, 2.24) is 30.1 Å². The van der Waals surface area contributed by atoms with Gasteiger partial charge in [0.05, 0.1) is 6.54 Å². The molecule has 8 nitrogen and oxygen atoms in total. The number of hydrogen-bond donors (Lipinski definition) is 2. The Morgan fingerprint density at radius 2 is 2.12 bits per heavy atom. The van der Waals surface area contributed by atoms with Crippen molar-refractivity contribution in [3.8, 4) is 0 Å². The number of pyridine rings is 1. The fourth-order valence-electron chi connectivity index (χ4n) is 1.95. The zero-order chi connectivity index (χ0) is 17.5. The lowest BCUT2D eigenvalue weighted by molar-refractivity contribution is -0.127. The van der Waals surface area contributed by atoms with Gasteiger partial charge in [0.2, 0.25) is 5.91 Å². The van der Waals surface area contributed by atoms with Crippen LogP contribution >= 0.6 is 24.0 Å². The molecule has 2 rings (SSSR count). The highest BCUT2D eigenvalue weighted by atomic mass is 127. The maximum atomic E-state index is 11.8. The summed E-state index contributed by atoms with van der Waals surface area (Å²) < 4.78 is 1.90. The lowest BCUT2D eigenvalue weighted by Crippen LogP contribution is -2.45. The highest BCUT2D eigenvalue weighted by molar-refractivity contribution is 14.0. The summed E-state index contributed by atoms with van der Waals surface area (Å²) in [7, 11) is 3.45. The number of guanidine groups is 1. The molecule has 0 saturated heterocycles. The van der Waals surface area contributed by atoms with E-state index in [4.69, 9.17) is 0 Å². The van der Waals surface area contributed by atoms with Gasteiger partial charge in [-0.3, -0.25) is 9.20 Å². The number of amides is 1. The summed E-state index contributed by atoms with van der Waals surface area (Å²) in [5, 5.41) is 14.6. The van der Waals surface area contributed by atoms with E-state index in [0.717, 1.165) is 17.9 Å². The second-order valence-electron chi connectivity index (χ2n) is 5.81. The number of nitrogens with zero attached hydrogens (tertiary/aromatic N) is 5. The van der Waals surface area contributed by atoms with Crippen molar-refractivity contribution in [2.24, 2.45) is 4.99 Å². The van der Waals surface area contributed by atoms with Crippen molar-refractivity contribution in [2.45, 2.75) is 32.9 Å². The first-order valence-corrected chi connectivity index (χ1v) is 8.05. The average Bonchev–Trinajstić information content (AvgIpc) is 2.99. The second-order valence-corrected chi connectivity index (χ2v) is 5.81. The van der Waals surface area contributed by atoms with Crippen LogP contribution in [0, 0.1) is 0 Å². The first kappa shape index (κ1) is 21.1. The number of carbonyl (C=O) groups is 1. The summed E-state index contributed by atoms with van der Waals surface area (Å²) in [6.45, 7) is 4.71. The van der Waals surface area contributed by atoms with Gasteiger partial charge in [-0.25, -0.2) is 4.99 Å². The van der Waals surface area contributed by atoms with Crippen LogP contribution in [0.25, 0.3) is 5.65 Å². The third-order valence-electron chi connectivity index (χ3n) is 3.66. The number of aliphatic imine (C=N–C) groups is 1. The summed E-state index contributed by atoms with van der Waals surface area (Å²) in [4.78, 5) is 17.8. The molecule has 138 valence electrons. The lowest BCUT2D eigenvalue weighted by Gasteiger charge is -2.18. The van der Waals surface area contributed by atoms with Crippen molar-refractivity contribution in [1.29, 1.82) is 0 Å².